The van der Waals surface area contributed by atoms with Crippen molar-refractivity contribution >= 4 is 18.4 Å². The summed E-state index contributed by atoms with van der Waals surface area (Å²) < 4.78 is 9.73. The monoisotopic (exact) mass is 227 g/mol. The van der Waals surface area contributed by atoms with Crippen molar-refractivity contribution in [1.29, 1.82) is 0 Å². The Morgan fingerprint density at radius 3 is 2.67 bits per heavy atom. The predicted molar refractivity (Wildman–Crippen MR) is 59.2 cm³/mol. The van der Waals surface area contributed by atoms with Gasteiger partial charge in [-0.25, -0.2) is 4.99 Å². The molecule has 0 saturated heterocycles. The minimum atomic E-state index is 0.0825. The molecule has 0 radical (unpaired) electrons. The Morgan fingerprint density at radius 2 is 2.00 bits per heavy atom. The average Bonchev–Trinajstić information content (AvgIpc) is 2.24. The van der Waals surface area contributed by atoms with Gasteiger partial charge in [-0.05, 0) is 31.1 Å². The molecule has 0 aliphatic heterocycles. The van der Waals surface area contributed by atoms with E-state index in [4.69, 9.17) is 9.07 Å². The molecule has 15 heavy (non-hydrogen) atoms. The highest BCUT2D eigenvalue weighted by molar-refractivity contribution is 7.94. The van der Waals surface area contributed by atoms with Crippen LogP contribution in [0, 0.1) is 0 Å². The Labute approximate surface area is 93.3 Å². The first-order valence-electron chi connectivity index (χ1n) is 4.52. The van der Waals surface area contributed by atoms with Crippen LogP contribution in [-0.2, 0) is 14.1 Å². The number of ether oxygens (including phenoxy) is 1. The summed E-state index contributed by atoms with van der Waals surface area (Å²) in [5, 5.41) is 3.44. The molecule has 5 heteroatoms. The first-order valence-corrected chi connectivity index (χ1v) is 5.26. The Morgan fingerprint density at radius 1 is 1.27 bits per heavy atom. The Balaban J connectivity index is 2.10. The molecule has 1 aromatic rings. The predicted octanol–water partition coefficient (Wildman–Crippen LogP) is 3.01. The van der Waals surface area contributed by atoms with E-state index in [0.29, 0.717) is 0 Å². The zero-order valence-electron chi connectivity index (χ0n) is 8.62. The summed E-state index contributed by atoms with van der Waals surface area (Å²) >= 11 is 1.09. The van der Waals surface area contributed by atoms with Crippen molar-refractivity contribution in [3.8, 4) is 0 Å². The van der Waals surface area contributed by atoms with E-state index in [1.165, 1.54) is 6.40 Å². The van der Waals surface area contributed by atoms with Crippen LogP contribution in [0.5, 0.6) is 0 Å². The fourth-order valence-electron chi connectivity index (χ4n) is 0.712. The Kier molecular flexibility index (Phi) is 5.65. The minimum Gasteiger partial charge on any atom is -0.478 e. The second-order valence-electron chi connectivity index (χ2n) is 2.93. The van der Waals surface area contributed by atoms with Crippen LogP contribution in [0.25, 0.3) is 0 Å². The average molecular weight is 227 g/mol. The second kappa shape index (κ2) is 7.14. The van der Waals surface area contributed by atoms with Crippen LogP contribution < -0.4 is 0 Å². The van der Waals surface area contributed by atoms with Gasteiger partial charge in [-0.2, -0.15) is 0 Å². The molecule has 0 amide bonds. The lowest BCUT2D eigenvalue weighted by Gasteiger charge is -2.01. The van der Waals surface area contributed by atoms with Gasteiger partial charge in [0.05, 0.1) is 18.1 Å². The van der Waals surface area contributed by atoms with E-state index in [0.717, 1.165) is 16.9 Å². The van der Waals surface area contributed by atoms with Gasteiger partial charge in [0, 0.05) is 4.90 Å². The molecule has 0 saturated carbocycles. The number of hydrogen-bond donors (Lipinski definition) is 0. The lowest BCUT2D eigenvalue weighted by molar-refractivity contribution is -0.192. The Hall–Kier alpha value is -1.20. The molecule has 0 heterocycles. The van der Waals surface area contributed by atoms with Crippen LogP contribution in [0.4, 0.5) is 0 Å². The number of benzene rings is 1. The molecule has 0 bridgehead atoms. The summed E-state index contributed by atoms with van der Waals surface area (Å²) in [5.41, 5.74) is 0. The summed E-state index contributed by atoms with van der Waals surface area (Å²) in [6.45, 7) is 3.79. The van der Waals surface area contributed by atoms with Crippen molar-refractivity contribution in [1.82, 2.24) is 0 Å². The van der Waals surface area contributed by atoms with Crippen molar-refractivity contribution in [2.24, 2.45) is 5.16 Å². The molecule has 1 aromatic carbocycles. The third kappa shape index (κ3) is 5.98. The topological polar surface area (TPSA) is 40.0 Å². The molecule has 1 rings (SSSR count). The van der Waals surface area contributed by atoms with Crippen molar-refractivity contribution in [3.05, 3.63) is 30.3 Å². The van der Waals surface area contributed by atoms with E-state index < -0.39 is 0 Å². The van der Waals surface area contributed by atoms with Gasteiger partial charge in [0.2, 0.25) is 6.40 Å². The van der Waals surface area contributed by atoms with Crippen LogP contribution >= 0.6 is 12.0 Å². The zero-order valence-corrected chi connectivity index (χ0v) is 9.44. The van der Waals surface area contributed by atoms with E-state index in [1.807, 2.05) is 44.2 Å². The number of hydrogen-bond acceptors (Lipinski definition) is 5. The van der Waals surface area contributed by atoms with Crippen LogP contribution in [0.2, 0.25) is 0 Å². The largest absolute Gasteiger partial charge is 0.478 e. The molecule has 0 aliphatic rings. The molecular formula is C10H13NO3S. The third-order valence-corrected chi connectivity index (χ3v) is 1.92. The van der Waals surface area contributed by atoms with Gasteiger partial charge < -0.3 is 4.74 Å². The maximum Gasteiger partial charge on any atom is 0.216 e. The second-order valence-corrected chi connectivity index (χ2v) is 3.71. The molecule has 0 aliphatic carbocycles. The zero-order chi connectivity index (χ0) is 10.9. The van der Waals surface area contributed by atoms with E-state index in [9.17, 15) is 0 Å². The smallest absolute Gasteiger partial charge is 0.216 e. The molecule has 0 fully saturated rings. The number of oxime groups is 1. The molecule has 0 aromatic heterocycles. The highest BCUT2D eigenvalue weighted by Crippen LogP contribution is 2.17. The fraction of sp³-hybridized carbons (Fsp3) is 0.300. The van der Waals surface area contributed by atoms with Crippen LogP contribution in [0.3, 0.4) is 0 Å². The standard InChI is InChI=1S/C10H13NO3S/c1-9(2)12-8-11-13-14-15-10-6-4-3-5-7-10/h3-9H,1-2H3/b11-8+. The summed E-state index contributed by atoms with van der Waals surface area (Å²) in [7, 11) is 0. The van der Waals surface area contributed by atoms with Gasteiger partial charge in [-0.15, -0.1) is 0 Å². The highest BCUT2D eigenvalue weighted by Gasteiger charge is 1.93. The quantitative estimate of drug-likeness (QED) is 0.187. The third-order valence-electron chi connectivity index (χ3n) is 1.32. The van der Waals surface area contributed by atoms with E-state index >= 15 is 0 Å². The first-order chi connectivity index (χ1) is 7.29. The minimum absolute atomic E-state index is 0.0825. The maximum atomic E-state index is 4.99. The molecule has 0 atom stereocenters. The van der Waals surface area contributed by atoms with E-state index in [1.54, 1.807) is 0 Å². The normalized spacial score (nSPS) is 10.9. The highest BCUT2D eigenvalue weighted by atomic mass is 32.2. The van der Waals surface area contributed by atoms with Crippen molar-refractivity contribution in [3.63, 3.8) is 0 Å². The van der Waals surface area contributed by atoms with Gasteiger partial charge in [-0.1, -0.05) is 22.5 Å². The summed E-state index contributed by atoms with van der Waals surface area (Å²) in [6, 6.07) is 9.57. The Bertz CT molecular complexity index is 290. The first kappa shape index (κ1) is 11.9. The molecule has 0 unspecified atom stereocenters. The molecule has 0 spiro atoms. The molecule has 82 valence electrons. The summed E-state index contributed by atoms with van der Waals surface area (Å²) in [5.74, 6) is 0. The number of rotatable bonds is 6. The SMILES string of the molecule is CC(C)O/C=N/OOSc1ccccc1. The summed E-state index contributed by atoms with van der Waals surface area (Å²) in [4.78, 5) is 5.44. The molecule has 4 nitrogen and oxygen atoms in total. The number of nitrogens with zero attached hydrogens (tertiary/aromatic N) is 1. The lowest BCUT2D eigenvalue weighted by atomic mass is 10.4. The van der Waals surface area contributed by atoms with Gasteiger partial charge >= 0.3 is 0 Å². The lowest BCUT2D eigenvalue weighted by Crippen LogP contribution is -1.99. The van der Waals surface area contributed by atoms with Gasteiger partial charge in [0.15, 0.2) is 0 Å². The van der Waals surface area contributed by atoms with Crippen molar-refractivity contribution in [2.75, 3.05) is 0 Å². The van der Waals surface area contributed by atoms with Crippen LogP contribution in [-0.4, -0.2) is 12.5 Å². The van der Waals surface area contributed by atoms with Crippen molar-refractivity contribution in [2.45, 2.75) is 24.8 Å². The van der Waals surface area contributed by atoms with Crippen LogP contribution in [0.15, 0.2) is 40.4 Å². The fourth-order valence-corrected chi connectivity index (χ4v) is 1.12. The van der Waals surface area contributed by atoms with Gasteiger partial charge in [-0.3, -0.25) is 0 Å². The van der Waals surface area contributed by atoms with Crippen LogP contribution in [0.1, 0.15) is 13.8 Å². The maximum absolute atomic E-state index is 4.99. The summed E-state index contributed by atoms with van der Waals surface area (Å²) in [6.07, 6.45) is 1.29. The van der Waals surface area contributed by atoms with Gasteiger partial charge in [0.25, 0.3) is 0 Å². The van der Waals surface area contributed by atoms with E-state index in [-0.39, 0.29) is 6.10 Å². The van der Waals surface area contributed by atoms with Gasteiger partial charge in [0.1, 0.15) is 0 Å². The molecule has 0 N–H and O–H groups in total. The van der Waals surface area contributed by atoms with Crippen molar-refractivity contribution < 1.29 is 14.1 Å². The molecular weight excluding hydrogens is 214 g/mol. The van der Waals surface area contributed by atoms with E-state index in [2.05, 4.69) is 10.1 Å².